The van der Waals surface area contributed by atoms with Crippen LogP contribution in [0.25, 0.3) is 0 Å². The van der Waals surface area contributed by atoms with E-state index in [1.165, 1.54) is 18.5 Å². The number of benzene rings is 2. The minimum absolute atomic E-state index is 0.239. The van der Waals surface area contributed by atoms with E-state index in [1.807, 2.05) is 19.1 Å². The fraction of sp³-hybridized carbons (Fsp3) is 0.190. The molecule has 7 heteroatoms. The predicted octanol–water partition coefficient (Wildman–Crippen LogP) is 3.84. The summed E-state index contributed by atoms with van der Waals surface area (Å²) < 4.78 is 18.2. The fourth-order valence-electron chi connectivity index (χ4n) is 2.67. The molecule has 0 bridgehead atoms. The van der Waals surface area contributed by atoms with Crippen LogP contribution in [0.2, 0.25) is 0 Å². The number of nitrogens with zero attached hydrogens (tertiary/aromatic N) is 2. The molecule has 0 unspecified atom stereocenters. The number of amides is 1. The van der Waals surface area contributed by atoms with Gasteiger partial charge in [0, 0.05) is 12.6 Å². The van der Waals surface area contributed by atoms with Crippen molar-refractivity contribution < 1.29 is 13.9 Å². The highest BCUT2D eigenvalue weighted by Gasteiger charge is 2.12. The van der Waals surface area contributed by atoms with Crippen LogP contribution in [0.15, 0.2) is 54.9 Å². The van der Waals surface area contributed by atoms with Crippen molar-refractivity contribution in [2.24, 2.45) is 0 Å². The average molecular weight is 380 g/mol. The number of aryl methyl sites for hydroxylation is 1. The Morgan fingerprint density at radius 3 is 2.64 bits per heavy atom. The number of carbonyl (C=O) groups is 1. The van der Waals surface area contributed by atoms with Crippen LogP contribution in [-0.4, -0.2) is 29.5 Å². The van der Waals surface area contributed by atoms with Crippen LogP contribution < -0.4 is 15.4 Å². The quantitative estimate of drug-likeness (QED) is 0.651. The predicted molar refractivity (Wildman–Crippen MR) is 106 cm³/mol. The molecule has 0 aliphatic rings. The van der Waals surface area contributed by atoms with E-state index >= 15 is 0 Å². The molecule has 3 aromatic rings. The number of rotatable bonds is 7. The van der Waals surface area contributed by atoms with Crippen molar-refractivity contribution >= 4 is 17.4 Å². The van der Waals surface area contributed by atoms with Crippen molar-refractivity contribution in [2.75, 3.05) is 24.3 Å². The van der Waals surface area contributed by atoms with Crippen LogP contribution in [0.5, 0.6) is 5.75 Å². The second-order valence-corrected chi connectivity index (χ2v) is 6.25. The highest BCUT2D eigenvalue weighted by molar-refractivity contribution is 6.04. The zero-order valence-electron chi connectivity index (χ0n) is 15.7. The average Bonchev–Trinajstić information content (AvgIpc) is 2.70. The third-order valence-electron chi connectivity index (χ3n) is 4.14. The summed E-state index contributed by atoms with van der Waals surface area (Å²) in [7, 11) is 1.55. The number of anilines is 2. The maximum Gasteiger partial charge on any atom is 0.274 e. The Balaban J connectivity index is 1.63. The number of hydrogen-bond donors (Lipinski definition) is 2. The molecule has 144 valence electrons. The largest absolute Gasteiger partial charge is 0.495 e. The van der Waals surface area contributed by atoms with Gasteiger partial charge in [0.15, 0.2) is 0 Å². The third kappa shape index (κ3) is 5.03. The first-order valence-corrected chi connectivity index (χ1v) is 8.81. The molecular formula is C21H21FN4O2. The molecule has 1 aromatic heterocycles. The number of halogens is 1. The van der Waals surface area contributed by atoms with Gasteiger partial charge < -0.3 is 15.4 Å². The van der Waals surface area contributed by atoms with Crippen LogP contribution in [-0.2, 0) is 6.42 Å². The highest BCUT2D eigenvalue weighted by atomic mass is 19.1. The van der Waals surface area contributed by atoms with E-state index in [2.05, 4.69) is 20.6 Å². The Labute approximate surface area is 162 Å². The van der Waals surface area contributed by atoms with Crippen LogP contribution in [0.4, 0.5) is 15.9 Å². The Kier molecular flexibility index (Phi) is 6.16. The Bertz CT molecular complexity index is 961. The molecule has 0 fully saturated rings. The lowest BCUT2D eigenvalue weighted by atomic mass is 10.1. The van der Waals surface area contributed by atoms with Crippen molar-refractivity contribution in [2.45, 2.75) is 13.3 Å². The zero-order chi connectivity index (χ0) is 19.9. The third-order valence-corrected chi connectivity index (χ3v) is 4.14. The van der Waals surface area contributed by atoms with Gasteiger partial charge in [-0.25, -0.2) is 14.4 Å². The SMILES string of the molecule is COc1ccc(C)cc1NC(=O)c1cc(NCCc2ccc(F)cc2)ncn1. The molecule has 0 spiro atoms. The molecule has 0 atom stereocenters. The van der Waals surface area contributed by atoms with Crippen LogP contribution in [0.3, 0.4) is 0 Å². The molecule has 6 nitrogen and oxygen atoms in total. The van der Waals surface area contributed by atoms with Gasteiger partial charge in [-0.3, -0.25) is 4.79 Å². The van der Waals surface area contributed by atoms with E-state index in [-0.39, 0.29) is 17.4 Å². The van der Waals surface area contributed by atoms with E-state index < -0.39 is 0 Å². The monoisotopic (exact) mass is 380 g/mol. The van der Waals surface area contributed by atoms with Gasteiger partial charge in [0.25, 0.3) is 5.91 Å². The van der Waals surface area contributed by atoms with Crippen molar-refractivity contribution in [3.8, 4) is 5.75 Å². The molecule has 0 saturated carbocycles. The molecule has 0 aliphatic carbocycles. The van der Waals surface area contributed by atoms with Gasteiger partial charge in [-0.2, -0.15) is 0 Å². The molecular weight excluding hydrogens is 359 g/mol. The number of aromatic nitrogens is 2. The summed E-state index contributed by atoms with van der Waals surface area (Å²) in [5, 5.41) is 5.96. The van der Waals surface area contributed by atoms with Gasteiger partial charge in [0.1, 0.15) is 29.4 Å². The number of methoxy groups -OCH3 is 1. The minimum atomic E-state index is -0.354. The van der Waals surface area contributed by atoms with Crippen LogP contribution in [0.1, 0.15) is 21.6 Å². The number of nitrogens with one attached hydrogen (secondary N) is 2. The smallest absolute Gasteiger partial charge is 0.274 e. The summed E-state index contributed by atoms with van der Waals surface area (Å²) in [4.78, 5) is 20.7. The molecule has 28 heavy (non-hydrogen) atoms. The lowest BCUT2D eigenvalue weighted by Gasteiger charge is -2.11. The second kappa shape index (κ2) is 8.94. The van der Waals surface area contributed by atoms with Crippen LogP contribution >= 0.6 is 0 Å². The second-order valence-electron chi connectivity index (χ2n) is 6.25. The Morgan fingerprint density at radius 2 is 1.89 bits per heavy atom. The lowest BCUT2D eigenvalue weighted by Crippen LogP contribution is -2.16. The summed E-state index contributed by atoms with van der Waals surface area (Å²) in [6.07, 6.45) is 2.04. The van der Waals surface area contributed by atoms with Crippen LogP contribution in [0, 0.1) is 12.7 Å². The molecule has 0 aliphatic heterocycles. The lowest BCUT2D eigenvalue weighted by molar-refractivity contribution is 0.102. The molecule has 1 heterocycles. The van der Waals surface area contributed by atoms with E-state index in [1.54, 1.807) is 31.4 Å². The Hall–Kier alpha value is -3.48. The summed E-state index contributed by atoms with van der Waals surface area (Å²) in [5.74, 6) is 0.505. The van der Waals surface area contributed by atoms with Gasteiger partial charge in [-0.15, -0.1) is 0 Å². The fourth-order valence-corrected chi connectivity index (χ4v) is 2.67. The van der Waals surface area contributed by atoms with Crippen molar-refractivity contribution in [3.05, 3.63) is 77.5 Å². The van der Waals surface area contributed by atoms with E-state index in [9.17, 15) is 9.18 Å². The summed E-state index contributed by atoms with van der Waals surface area (Å²) in [5.41, 5.74) is 2.83. The first kappa shape index (κ1) is 19.3. The molecule has 1 amide bonds. The number of carbonyl (C=O) groups excluding carboxylic acids is 1. The minimum Gasteiger partial charge on any atom is -0.495 e. The van der Waals surface area contributed by atoms with Crippen molar-refractivity contribution in [3.63, 3.8) is 0 Å². The summed E-state index contributed by atoms with van der Waals surface area (Å²) in [6, 6.07) is 13.5. The Morgan fingerprint density at radius 1 is 1.11 bits per heavy atom. The van der Waals surface area contributed by atoms with Gasteiger partial charge in [0.05, 0.1) is 12.8 Å². The maximum atomic E-state index is 12.9. The number of hydrogen-bond acceptors (Lipinski definition) is 5. The van der Waals surface area contributed by atoms with E-state index in [0.29, 0.717) is 30.2 Å². The van der Waals surface area contributed by atoms with E-state index in [0.717, 1.165) is 11.1 Å². The zero-order valence-corrected chi connectivity index (χ0v) is 15.7. The molecule has 3 rings (SSSR count). The van der Waals surface area contributed by atoms with E-state index in [4.69, 9.17) is 4.74 Å². The normalized spacial score (nSPS) is 10.4. The van der Waals surface area contributed by atoms with Gasteiger partial charge >= 0.3 is 0 Å². The standard InChI is InChI=1S/C21H21FN4O2/c1-14-3-8-19(28-2)17(11-14)26-21(27)18-12-20(25-13-24-18)23-10-9-15-4-6-16(22)7-5-15/h3-8,11-13H,9-10H2,1-2H3,(H,26,27)(H,23,24,25). The molecule has 0 radical (unpaired) electrons. The first-order valence-electron chi connectivity index (χ1n) is 8.81. The number of ether oxygens (including phenoxy) is 1. The molecule has 2 N–H and O–H groups in total. The first-order chi connectivity index (χ1) is 13.5. The molecule has 2 aromatic carbocycles. The summed E-state index contributed by atoms with van der Waals surface area (Å²) >= 11 is 0. The maximum absolute atomic E-state index is 12.9. The van der Waals surface area contributed by atoms with Gasteiger partial charge in [-0.1, -0.05) is 18.2 Å². The summed E-state index contributed by atoms with van der Waals surface area (Å²) in [6.45, 7) is 2.53. The molecule has 0 saturated heterocycles. The highest BCUT2D eigenvalue weighted by Crippen LogP contribution is 2.25. The van der Waals surface area contributed by atoms with Crippen molar-refractivity contribution in [1.82, 2.24) is 9.97 Å². The topological polar surface area (TPSA) is 76.1 Å². The van der Waals surface area contributed by atoms with Gasteiger partial charge in [0.2, 0.25) is 0 Å². The van der Waals surface area contributed by atoms with Gasteiger partial charge in [-0.05, 0) is 48.7 Å². The van der Waals surface area contributed by atoms with Crippen molar-refractivity contribution in [1.29, 1.82) is 0 Å².